The van der Waals surface area contributed by atoms with E-state index >= 15 is 0 Å². The molecule has 0 bridgehead atoms. The van der Waals surface area contributed by atoms with Gasteiger partial charge in [0, 0.05) is 18.2 Å². The molecule has 3 amide bonds. The molecule has 2 aromatic carbocycles. The van der Waals surface area contributed by atoms with Gasteiger partial charge in [0.25, 0.3) is 0 Å². The molecule has 1 saturated heterocycles. The molecule has 1 heterocycles. The molecule has 2 aromatic rings. The highest BCUT2D eigenvalue weighted by molar-refractivity contribution is 5.92. The lowest BCUT2D eigenvalue weighted by Gasteiger charge is -2.25. The number of cyclic esters (lactones) is 1. The fraction of sp³-hybridized carbons (Fsp3) is 0.423. The van der Waals surface area contributed by atoms with Gasteiger partial charge in [-0.2, -0.15) is 0 Å². The van der Waals surface area contributed by atoms with Crippen molar-refractivity contribution in [3.05, 3.63) is 65.2 Å². The monoisotopic (exact) mass is 451 g/mol. The van der Waals surface area contributed by atoms with E-state index < -0.39 is 18.2 Å². The van der Waals surface area contributed by atoms with Crippen LogP contribution >= 0.6 is 0 Å². The van der Waals surface area contributed by atoms with Gasteiger partial charge in [-0.05, 0) is 41.7 Å². The molecular formula is C26H33N3O4. The minimum Gasteiger partial charge on any atom is -0.438 e. The normalized spacial score (nSPS) is 17.9. The number of hydrogen-bond acceptors (Lipinski definition) is 4. The van der Waals surface area contributed by atoms with Crippen LogP contribution in [0.25, 0.3) is 0 Å². The molecule has 0 spiro atoms. The summed E-state index contributed by atoms with van der Waals surface area (Å²) in [5.41, 5.74) is 3.35. The Bertz CT molecular complexity index is 1000. The molecule has 1 aliphatic heterocycles. The fourth-order valence-electron chi connectivity index (χ4n) is 3.63. The third-order valence-electron chi connectivity index (χ3n) is 5.67. The maximum absolute atomic E-state index is 13.2. The van der Waals surface area contributed by atoms with E-state index in [1.165, 1.54) is 4.90 Å². The van der Waals surface area contributed by atoms with Crippen molar-refractivity contribution in [1.82, 2.24) is 10.2 Å². The maximum atomic E-state index is 13.2. The summed E-state index contributed by atoms with van der Waals surface area (Å²) in [5.74, 6) is -0.181. The van der Waals surface area contributed by atoms with Gasteiger partial charge in [0.05, 0.1) is 6.54 Å². The number of carbonyl (C=O) groups is 3. The minimum atomic E-state index is -0.799. The number of benzene rings is 2. The van der Waals surface area contributed by atoms with Gasteiger partial charge in [0.1, 0.15) is 0 Å². The predicted octanol–water partition coefficient (Wildman–Crippen LogP) is 4.42. The van der Waals surface area contributed by atoms with Gasteiger partial charge in [-0.25, -0.2) is 4.79 Å². The third kappa shape index (κ3) is 5.92. The zero-order valence-electron chi connectivity index (χ0n) is 19.9. The van der Waals surface area contributed by atoms with E-state index in [0.717, 1.165) is 11.1 Å². The van der Waals surface area contributed by atoms with Crippen molar-refractivity contribution >= 4 is 23.6 Å². The first-order valence-corrected chi connectivity index (χ1v) is 11.4. The molecule has 2 unspecified atom stereocenters. The number of hydrogen-bond donors (Lipinski definition) is 2. The number of anilines is 1. The second-order valence-corrected chi connectivity index (χ2v) is 9.21. The fourth-order valence-corrected chi connectivity index (χ4v) is 3.63. The Morgan fingerprint density at radius 1 is 1.03 bits per heavy atom. The van der Waals surface area contributed by atoms with Gasteiger partial charge in [0.15, 0.2) is 12.1 Å². The van der Waals surface area contributed by atoms with Crippen LogP contribution in [0, 0.1) is 18.8 Å². The van der Waals surface area contributed by atoms with Gasteiger partial charge in [-0.3, -0.25) is 14.5 Å². The van der Waals surface area contributed by atoms with Crippen molar-refractivity contribution in [2.24, 2.45) is 11.8 Å². The van der Waals surface area contributed by atoms with Crippen LogP contribution in [0.1, 0.15) is 50.5 Å². The van der Waals surface area contributed by atoms with Crippen LogP contribution < -0.4 is 10.6 Å². The third-order valence-corrected chi connectivity index (χ3v) is 5.67. The number of nitrogens with one attached hydrogen (secondary N) is 2. The molecule has 7 nitrogen and oxygen atoms in total. The Kier molecular flexibility index (Phi) is 7.74. The average Bonchev–Trinajstić information content (AvgIpc) is 3.10. The van der Waals surface area contributed by atoms with Gasteiger partial charge in [0.2, 0.25) is 11.8 Å². The quantitative estimate of drug-likeness (QED) is 0.622. The molecule has 0 aromatic heterocycles. The Morgan fingerprint density at radius 3 is 2.30 bits per heavy atom. The molecule has 0 saturated carbocycles. The van der Waals surface area contributed by atoms with Crippen LogP contribution in [-0.2, 0) is 20.9 Å². The van der Waals surface area contributed by atoms with Crippen LogP contribution in [0.4, 0.5) is 10.5 Å². The van der Waals surface area contributed by atoms with Crippen LogP contribution in [0.3, 0.4) is 0 Å². The number of amides is 3. The molecule has 3 rings (SSSR count). The SMILES string of the molecule is Cc1ccccc1CN1C(=O)OC(c2ccc(NC(=O)C(C)C)cc2)C1C(=O)NCC(C)C. The smallest absolute Gasteiger partial charge is 0.411 e. The highest BCUT2D eigenvalue weighted by Crippen LogP contribution is 2.35. The van der Waals surface area contributed by atoms with Crippen molar-refractivity contribution in [1.29, 1.82) is 0 Å². The summed E-state index contributed by atoms with van der Waals surface area (Å²) in [5, 5.41) is 5.80. The number of rotatable bonds is 8. The topological polar surface area (TPSA) is 87.7 Å². The zero-order chi connectivity index (χ0) is 24.1. The van der Waals surface area contributed by atoms with Gasteiger partial charge < -0.3 is 15.4 Å². The molecule has 2 N–H and O–H groups in total. The summed E-state index contributed by atoms with van der Waals surface area (Å²) in [7, 11) is 0. The lowest BCUT2D eigenvalue weighted by molar-refractivity contribution is -0.126. The van der Waals surface area contributed by atoms with Crippen molar-refractivity contribution in [3.8, 4) is 0 Å². The summed E-state index contributed by atoms with van der Waals surface area (Å²) >= 11 is 0. The van der Waals surface area contributed by atoms with Gasteiger partial charge in [-0.1, -0.05) is 64.1 Å². The maximum Gasteiger partial charge on any atom is 0.411 e. The average molecular weight is 452 g/mol. The highest BCUT2D eigenvalue weighted by Gasteiger charge is 2.47. The summed E-state index contributed by atoms with van der Waals surface area (Å²) in [6.45, 7) is 10.5. The van der Waals surface area contributed by atoms with Crippen LogP contribution in [0.5, 0.6) is 0 Å². The number of aryl methyl sites for hydroxylation is 1. The minimum absolute atomic E-state index is 0.0783. The van der Waals surface area contributed by atoms with Crippen molar-refractivity contribution < 1.29 is 19.1 Å². The molecule has 33 heavy (non-hydrogen) atoms. The van der Waals surface area contributed by atoms with Crippen molar-refractivity contribution in [2.75, 3.05) is 11.9 Å². The zero-order valence-corrected chi connectivity index (χ0v) is 19.9. The number of nitrogens with zero attached hydrogens (tertiary/aromatic N) is 1. The number of carbonyl (C=O) groups excluding carboxylic acids is 3. The second-order valence-electron chi connectivity index (χ2n) is 9.21. The standard InChI is InChI=1S/C26H33N3O4/c1-16(2)14-27-25(31)22-23(19-10-12-21(13-11-19)28-24(30)17(3)4)33-26(32)29(22)15-20-9-7-6-8-18(20)5/h6-13,16-17,22-23H,14-15H2,1-5H3,(H,27,31)(H,28,30). The molecule has 2 atom stereocenters. The lowest BCUT2D eigenvalue weighted by Crippen LogP contribution is -2.47. The van der Waals surface area contributed by atoms with Crippen molar-refractivity contribution in [3.63, 3.8) is 0 Å². The first kappa shape index (κ1) is 24.3. The lowest BCUT2D eigenvalue weighted by atomic mass is 9.99. The summed E-state index contributed by atoms with van der Waals surface area (Å²) < 4.78 is 5.71. The molecule has 1 fully saturated rings. The molecule has 176 valence electrons. The van der Waals surface area contributed by atoms with Crippen LogP contribution in [-0.4, -0.2) is 35.4 Å². The van der Waals surface area contributed by atoms with E-state index in [1.54, 1.807) is 24.3 Å². The second kappa shape index (κ2) is 10.5. The summed E-state index contributed by atoms with van der Waals surface area (Å²) in [4.78, 5) is 39.6. The summed E-state index contributed by atoms with van der Waals surface area (Å²) in [6.07, 6.45) is -1.27. The Hall–Kier alpha value is -3.35. The molecule has 1 aliphatic rings. The van der Waals surface area contributed by atoms with E-state index in [1.807, 2.05) is 58.9 Å². The Balaban J connectivity index is 1.87. The molecular weight excluding hydrogens is 418 g/mol. The van der Waals surface area contributed by atoms with E-state index in [4.69, 9.17) is 4.74 Å². The Labute approximate surface area is 195 Å². The highest BCUT2D eigenvalue weighted by atomic mass is 16.6. The first-order valence-electron chi connectivity index (χ1n) is 11.4. The van der Waals surface area contributed by atoms with Crippen LogP contribution in [0.2, 0.25) is 0 Å². The van der Waals surface area contributed by atoms with Gasteiger partial charge >= 0.3 is 6.09 Å². The van der Waals surface area contributed by atoms with Crippen molar-refractivity contribution in [2.45, 2.75) is 53.3 Å². The molecule has 0 aliphatic carbocycles. The van der Waals surface area contributed by atoms with Gasteiger partial charge in [-0.15, -0.1) is 0 Å². The van der Waals surface area contributed by atoms with E-state index in [-0.39, 0.29) is 30.2 Å². The summed E-state index contributed by atoms with van der Waals surface area (Å²) in [6, 6.07) is 14.1. The largest absolute Gasteiger partial charge is 0.438 e. The molecule has 7 heteroatoms. The predicted molar refractivity (Wildman–Crippen MR) is 127 cm³/mol. The van der Waals surface area contributed by atoms with E-state index in [9.17, 15) is 14.4 Å². The first-order chi connectivity index (χ1) is 15.7. The number of ether oxygens (including phenoxy) is 1. The van der Waals surface area contributed by atoms with E-state index in [0.29, 0.717) is 17.8 Å². The van der Waals surface area contributed by atoms with Crippen LogP contribution in [0.15, 0.2) is 48.5 Å². The van der Waals surface area contributed by atoms with E-state index in [2.05, 4.69) is 10.6 Å². The Morgan fingerprint density at radius 2 is 1.70 bits per heavy atom. The molecule has 0 radical (unpaired) electrons.